The number of hydrogen-bond acceptors (Lipinski definition) is 3. The van der Waals surface area contributed by atoms with E-state index in [0.29, 0.717) is 26.2 Å². The Balaban J connectivity index is 2.55. The standard InChI is InChI=1S/C9H17N3O2/c1-7(5-10)6-12-4-3-11(2)8(13)9(12)14/h7H,3-6,10H2,1-2H3. The van der Waals surface area contributed by atoms with E-state index in [1.807, 2.05) is 6.92 Å². The molecule has 1 atom stereocenters. The SMILES string of the molecule is CC(CN)CN1CCN(C)C(=O)C1=O. The van der Waals surface area contributed by atoms with Crippen LogP contribution in [0.15, 0.2) is 0 Å². The first kappa shape index (κ1) is 11.0. The summed E-state index contributed by atoms with van der Waals surface area (Å²) < 4.78 is 0. The van der Waals surface area contributed by atoms with Crippen molar-refractivity contribution in [3.63, 3.8) is 0 Å². The molecule has 80 valence electrons. The minimum atomic E-state index is -0.416. The van der Waals surface area contributed by atoms with Crippen LogP contribution in [0.3, 0.4) is 0 Å². The van der Waals surface area contributed by atoms with Gasteiger partial charge in [-0.05, 0) is 12.5 Å². The van der Waals surface area contributed by atoms with Crippen LogP contribution in [-0.2, 0) is 9.59 Å². The predicted molar refractivity (Wildman–Crippen MR) is 52.4 cm³/mol. The van der Waals surface area contributed by atoms with Gasteiger partial charge in [0.15, 0.2) is 0 Å². The van der Waals surface area contributed by atoms with Crippen molar-refractivity contribution in [3.8, 4) is 0 Å². The molecule has 0 aromatic heterocycles. The van der Waals surface area contributed by atoms with Gasteiger partial charge in [0.1, 0.15) is 0 Å². The second-order valence-corrected chi connectivity index (χ2v) is 3.82. The van der Waals surface area contributed by atoms with E-state index in [4.69, 9.17) is 5.73 Å². The van der Waals surface area contributed by atoms with E-state index in [9.17, 15) is 9.59 Å². The van der Waals surface area contributed by atoms with Gasteiger partial charge >= 0.3 is 11.8 Å². The highest BCUT2D eigenvalue weighted by molar-refractivity contribution is 6.35. The minimum absolute atomic E-state index is 0.246. The van der Waals surface area contributed by atoms with Crippen LogP contribution in [0.25, 0.3) is 0 Å². The van der Waals surface area contributed by atoms with Gasteiger partial charge in [-0.1, -0.05) is 6.92 Å². The molecular formula is C9H17N3O2. The van der Waals surface area contributed by atoms with E-state index < -0.39 is 11.8 Å². The van der Waals surface area contributed by atoms with Crippen LogP contribution in [0.1, 0.15) is 6.92 Å². The van der Waals surface area contributed by atoms with Gasteiger partial charge in [0.2, 0.25) is 0 Å². The van der Waals surface area contributed by atoms with Crippen LogP contribution in [0, 0.1) is 5.92 Å². The maximum absolute atomic E-state index is 11.5. The van der Waals surface area contributed by atoms with Gasteiger partial charge < -0.3 is 15.5 Å². The van der Waals surface area contributed by atoms with Crippen LogP contribution in [0.5, 0.6) is 0 Å². The first-order valence-corrected chi connectivity index (χ1v) is 4.80. The molecule has 1 aliphatic rings. The molecule has 14 heavy (non-hydrogen) atoms. The maximum Gasteiger partial charge on any atom is 0.312 e. The topological polar surface area (TPSA) is 66.6 Å². The van der Waals surface area contributed by atoms with Crippen molar-refractivity contribution >= 4 is 11.8 Å². The summed E-state index contributed by atoms with van der Waals surface area (Å²) in [7, 11) is 1.64. The first-order chi connectivity index (χ1) is 6.56. The zero-order chi connectivity index (χ0) is 10.7. The molecule has 1 aliphatic heterocycles. The Labute approximate surface area is 83.8 Å². The largest absolute Gasteiger partial charge is 0.336 e. The lowest BCUT2D eigenvalue weighted by Gasteiger charge is -2.32. The molecule has 2 N–H and O–H groups in total. The lowest BCUT2D eigenvalue weighted by atomic mass is 10.1. The van der Waals surface area contributed by atoms with Gasteiger partial charge in [-0.25, -0.2) is 0 Å². The molecule has 0 aromatic rings. The number of carbonyl (C=O) groups excluding carboxylic acids is 2. The van der Waals surface area contributed by atoms with Crippen LogP contribution < -0.4 is 5.73 Å². The maximum atomic E-state index is 11.5. The Kier molecular flexibility index (Phi) is 3.46. The Hall–Kier alpha value is -1.10. The number of likely N-dealkylation sites (N-methyl/N-ethyl adjacent to an activating group) is 1. The molecule has 1 rings (SSSR count). The number of nitrogens with zero attached hydrogens (tertiary/aromatic N) is 2. The van der Waals surface area contributed by atoms with Crippen LogP contribution in [0.2, 0.25) is 0 Å². The summed E-state index contributed by atoms with van der Waals surface area (Å²) in [6.45, 7) is 4.31. The number of carbonyl (C=O) groups is 2. The fourth-order valence-corrected chi connectivity index (χ4v) is 1.40. The van der Waals surface area contributed by atoms with E-state index in [-0.39, 0.29) is 5.92 Å². The van der Waals surface area contributed by atoms with Crippen molar-refractivity contribution in [2.45, 2.75) is 6.92 Å². The molecule has 2 amide bonds. The van der Waals surface area contributed by atoms with Gasteiger partial charge in [-0.3, -0.25) is 9.59 Å². The average molecular weight is 199 g/mol. The summed E-state index contributed by atoms with van der Waals surface area (Å²) in [6, 6.07) is 0. The summed E-state index contributed by atoms with van der Waals surface area (Å²) >= 11 is 0. The fraction of sp³-hybridized carbons (Fsp3) is 0.778. The quantitative estimate of drug-likeness (QED) is 0.586. The van der Waals surface area contributed by atoms with Crippen molar-refractivity contribution in [2.75, 3.05) is 33.2 Å². The van der Waals surface area contributed by atoms with Gasteiger partial charge in [-0.2, -0.15) is 0 Å². The highest BCUT2D eigenvalue weighted by atomic mass is 16.2. The number of rotatable bonds is 3. The smallest absolute Gasteiger partial charge is 0.312 e. The van der Waals surface area contributed by atoms with Crippen LogP contribution in [0.4, 0.5) is 0 Å². The lowest BCUT2D eigenvalue weighted by Crippen LogP contribution is -2.54. The molecule has 5 nitrogen and oxygen atoms in total. The third kappa shape index (κ3) is 2.23. The van der Waals surface area contributed by atoms with Crippen LogP contribution in [-0.4, -0.2) is 54.8 Å². The monoisotopic (exact) mass is 199 g/mol. The molecule has 1 fully saturated rings. The highest BCUT2D eigenvalue weighted by Crippen LogP contribution is 2.05. The molecule has 5 heteroatoms. The normalized spacial score (nSPS) is 20.2. The molecule has 1 heterocycles. The lowest BCUT2D eigenvalue weighted by molar-refractivity contribution is -0.155. The fourth-order valence-electron chi connectivity index (χ4n) is 1.40. The molecule has 0 aliphatic carbocycles. The molecule has 0 spiro atoms. The highest BCUT2D eigenvalue weighted by Gasteiger charge is 2.30. The molecule has 1 unspecified atom stereocenters. The van der Waals surface area contributed by atoms with Crippen LogP contribution >= 0.6 is 0 Å². The van der Waals surface area contributed by atoms with Crippen molar-refractivity contribution < 1.29 is 9.59 Å². The second kappa shape index (κ2) is 4.41. The van der Waals surface area contributed by atoms with E-state index in [1.54, 1.807) is 11.9 Å². The van der Waals surface area contributed by atoms with E-state index in [1.165, 1.54) is 4.90 Å². The van der Waals surface area contributed by atoms with Crippen molar-refractivity contribution in [3.05, 3.63) is 0 Å². The Bertz CT molecular complexity index is 242. The summed E-state index contributed by atoms with van der Waals surface area (Å²) in [5, 5.41) is 0. The minimum Gasteiger partial charge on any atom is -0.336 e. The Morgan fingerprint density at radius 1 is 1.36 bits per heavy atom. The van der Waals surface area contributed by atoms with E-state index >= 15 is 0 Å². The zero-order valence-electron chi connectivity index (χ0n) is 8.69. The van der Waals surface area contributed by atoms with Crippen molar-refractivity contribution in [2.24, 2.45) is 11.7 Å². The van der Waals surface area contributed by atoms with Gasteiger partial charge in [0.25, 0.3) is 0 Å². The number of hydrogen-bond donors (Lipinski definition) is 1. The first-order valence-electron chi connectivity index (χ1n) is 4.80. The number of piperazine rings is 1. The van der Waals surface area contributed by atoms with Gasteiger partial charge in [-0.15, -0.1) is 0 Å². The molecular weight excluding hydrogens is 182 g/mol. The van der Waals surface area contributed by atoms with Crippen molar-refractivity contribution in [1.82, 2.24) is 9.80 Å². The Morgan fingerprint density at radius 2 is 2.00 bits per heavy atom. The van der Waals surface area contributed by atoms with Crippen molar-refractivity contribution in [1.29, 1.82) is 0 Å². The van der Waals surface area contributed by atoms with E-state index in [0.717, 1.165) is 0 Å². The predicted octanol–water partition coefficient (Wildman–Crippen LogP) is -1.12. The third-order valence-corrected chi connectivity index (χ3v) is 2.46. The second-order valence-electron chi connectivity index (χ2n) is 3.82. The number of nitrogens with two attached hydrogens (primary N) is 1. The molecule has 0 radical (unpaired) electrons. The van der Waals surface area contributed by atoms with Gasteiger partial charge in [0, 0.05) is 26.7 Å². The summed E-state index contributed by atoms with van der Waals surface area (Å²) in [5.74, 6) is -0.574. The average Bonchev–Trinajstić information content (AvgIpc) is 2.19. The zero-order valence-corrected chi connectivity index (χ0v) is 8.69. The molecule has 1 saturated heterocycles. The summed E-state index contributed by atoms with van der Waals surface area (Å²) in [5.41, 5.74) is 5.46. The molecule has 0 aromatic carbocycles. The summed E-state index contributed by atoms with van der Waals surface area (Å²) in [4.78, 5) is 25.8. The number of amides is 2. The molecule has 0 bridgehead atoms. The summed E-state index contributed by atoms with van der Waals surface area (Å²) in [6.07, 6.45) is 0. The van der Waals surface area contributed by atoms with Gasteiger partial charge in [0.05, 0.1) is 0 Å². The van der Waals surface area contributed by atoms with E-state index in [2.05, 4.69) is 0 Å². The molecule has 0 saturated carbocycles. The Morgan fingerprint density at radius 3 is 2.57 bits per heavy atom. The third-order valence-electron chi connectivity index (χ3n) is 2.46.